The van der Waals surface area contributed by atoms with E-state index in [9.17, 15) is 0 Å². The first kappa shape index (κ1) is 15.8. The van der Waals surface area contributed by atoms with Crippen LogP contribution in [-0.2, 0) is 6.54 Å². The highest BCUT2D eigenvalue weighted by Gasteiger charge is 2.14. The predicted molar refractivity (Wildman–Crippen MR) is 82.9 cm³/mol. The number of anilines is 1. The smallest absolute Gasteiger partial charge is 0.120 e. The maximum Gasteiger partial charge on any atom is 0.120 e. The lowest BCUT2D eigenvalue weighted by Crippen LogP contribution is -2.32. The molecular weight excluding hydrogens is 236 g/mol. The second kappa shape index (κ2) is 8.05. The molecule has 0 aliphatic rings. The summed E-state index contributed by atoms with van der Waals surface area (Å²) in [4.78, 5) is 2.43. The van der Waals surface area contributed by atoms with Crippen molar-refractivity contribution in [3.05, 3.63) is 23.8 Å². The summed E-state index contributed by atoms with van der Waals surface area (Å²) in [5.74, 6) is 0.897. The molecule has 0 heterocycles. The van der Waals surface area contributed by atoms with Gasteiger partial charge in [-0.25, -0.2) is 0 Å². The summed E-state index contributed by atoms with van der Waals surface area (Å²) in [6.45, 7) is 8.33. The molecule has 0 fully saturated rings. The normalized spacial score (nSPS) is 10.8. The molecule has 0 saturated heterocycles. The third-order valence-corrected chi connectivity index (χ3v) is 3.45. The van der Waals surface area contributed by atoms with Crippen molar-refractivity contribution in [1.29, 1.82) is 0 Å². The predicted octanol–water partition coefficient (Wildman–Crippen LogP) is 3.56. The fourth-order valence-electron chi connectivity index (χ4n) is 2.30. The van der Waals surface area contributed by atoms with Crippen LogP contribution in [-0.4, -0.2) is 19.7 Å². The topological polar surface area (TPSA) is 38.5 Å². The zero-order chi connectivity index (χ0) is 14.3. The lowest BCUT2D eigenvalue weighted by Gasteiger charge is -2.31. The minimum Gasteiger partial charge on any atom is -0.497 e. The van der Waals surface area contributed by atoms with Crippen LogP contribution in [0, 0.1) is 0 Å². The van der Waals surface area contributed by atoms with E-state index in [0.29, 0.717) is 12.6 Å². The van der Waals surface area contributed by atoms with Crippen molar-refractivity contribution in [1.82, 2.24) is 0 Å². The van der Waals surface area contributed by atoms with Crippen molar-refractivity contribution in [3.8, 4) is 5.75 Å². The van der Waals surface area contributed by atoms with Gasteiger partial charge in [0.2, 0.25) is 0 Å². The van der Waals surface area contributed by atoms with Gasteiger partial charge in [-0.3, -0.25) is 0 Å². The summed E-state index contributed by atoms with van der Waals surface area (Å²) in [5.41, 5.74) is 8.27. The Morgan fingerprint density at radius 2 is 2.00 bits per heavy atom. The standard InChI is InChI=1S/C16H28N2O/c1-5-6-7-10-18(13(2)3)16-11-15(19-4)9-8-14(16)12-17/h8-9,11,13H,5-7,10,12,17H2,1-4H3. The number of methoxy groups -OCH3 is 1. The molecule has 19 heavy (non-hydrogen) atoms. The zero-order valence-corrected chi connectivity index (χ0v) is 12.8. The van der Waals surface area contributed by atoms with Crippen LogP contribution >= 0.6 is 0 Å². The van der Waals surface area contributed by atoms with Gasteiger partial charge in [0.15, 0.2) is 0 Å². The molecule has 0 aliphatic heterocycles. The fourth-order valence-corrected chi connectivity index (χ4v) is 2.30. The van der Waals surface area contributed by atoms with Gasteiger partial charge in [0, 0.05) is 30.9 Å². The van der Waals surface area contributed by atoms with Gasteiger partial charge in [0.05, 0.1) is 7.11 Å². The summed E-state index contributed by atoms with van der Waals surface area (Å²) >= 11 is 0. The van der Waals surface area contributed by atoms with Crippen LogP contribution in [0.15, 0.2) is 18.2 Å². The first-order valence-corrected chi connectivity index (χ1v) is 7.27. The number of hydrogen-bond donors (Lipinski definition) is 1. The fraction of sp³-hybridized carbons (Fsp3) is 0.625. The van der Waals surface area contributed by atoms with Crippen molar-refractivity contribution in [2.45, 2.75) is 52.6 Å². The van der Waals surface area contributed by atoms with Crippen LogP contribution < -0.4 is 15.4 Å². The van der Waals surface area contributed by atoms with Gasteiger partial charge in [0.1, 0.15) is 5.75 Å². The van der Waals surface area contributed by atoms with Gasteiger partial charge < -0.3 is 15.4 Å². The summed E-state index contributed by atoms with van der Waals surface area (Å²) in [6, 6.07) is 6.63. The van der Waals surface area contributed by atoms with Gasteiger partial charge in [0.25, 0.3) is 0 Å². The number of rotatable bonds is 8. The molecule has 1 aromatic rings. The Morgan fingerprint density at radius 1 is 1.26 bits per heavy atom. The average Bonchev–Trinajstić information content (AvgIpc) is 2.42. The third kappa shape index (κ3) is 4.43. The first-order chi connectivity index (χ1) is 9.13. The number of unbranched alkanes of at least 4 members (excludes halogenated alkanes) is 2. The van der Waals surface area contributed by atoms with Gasteiger partial charge in [-0.1, -0.05) is 25.8 Å². The molecule has 2 N–H and O–H groups in total. The van der Waals surface area contributed by atoms with E-state index in [1.165, 1.54) is 30.5 Å². The highest BCUT2D eigenvalue weighted by Crippen LogP contribution is 2.28. The Morgan fingerprint density at radius 3 is 2.53 bits per heavy atom. The molecule has 0 spiro atoms. The number of ether oxygens (including phenoxy) is 1. The zero-order valence-electron chi connectivity index (χ0n) is 12.8. The Balaban J connectivity index is 2.98. The van der Waals surface area contributed by atoms with Crippen molar-refractivity contribution in [2.75, 3.05) is 18.6 Å². The van der Waals surface area contributed by atoms with E-state index in [1.807, 2.05) is 6.07 Å². The minimum absolute atomic E-state index is 0.467. The molecule has 0 unspecified atom stereocenters. The van der Waals surface area contributed by atoms with Gasteiger partial charge >= 0.3 is 0 Å². The molecular formula is C16H28N2O. The van der Waals surface area contributed by atoms with Crippen molar-refractivity contribution >= 4 is 5.69 Å². The van der Waals surface area contributed by atoms with Gasteiger partial charge in [-0.2, -0.15) is 0 Å². The summed E-state index contributed by atoms with van der Waals surface area (Å²) in [7, 11) is 1.71. The van der Waals surface area contributed by atoms with E-state index >= 15 is 0 Å². The van der Waals surface area contributed by atoms with Crippen LogP contribution in [0.3, 0.4) is 0 Å². The Kier molecular flexibility index (Phi) is 6.71. The molecule has 1 aromatic carbocycles. The molecule has 0 amide bonds. The molecule has 0 saturated carbocycles. The third-order valence-electron chi connectivity index (χ3n) is 3.45. The summed E-state index contributed by atoms with van der Waals surface area (Å²) in [6.07, 6.45) is 3.73. The van der Waals surface area contributed by atoms with E-state index < -0.39 is 0 Å². The van der Waals surface area contributed by atoms with Crippen molar-refractivity contribution < 1.29 is 4.74 Å². The molecule has 0 aromatic heterocycles. The number of nitrogens with zero attached hydrogens (tertiary/aromatic N) is 1. The molecule has 3 heteroatoms. The van der Waals surface area contributed by atoms with Gasteiger partial charge in [-0.05, 0) is 31.9 Å². The van der Waals surface area contributed by atoms with Crippen LogP contribution in [0.5, 0.6) is 5.75 Å². The quantitative estimate of drug-likeness (QED) is 0.730. The number of nitrogens with two attached hydrogens (primary N) is 1. The Labute approximate surface area is 117 Å². The maximum absolute atomic E-state index is 5.87. The van der Waals surface area contributed by atoms with Gasteiger partial charge in [-0.15, -0.1) is 0 Å². The minimum atomic E-state index is 0.467. The highest BCUT2D eigenvalue weighted by molar-refractivity contribution is 5.57. The van der Waals surface area contributed by atoms with Crippen molar-refractivity contribution in [2.24, 2.45) is 5.73 Å². The molecule has 0 bridgehead atoms. The second-order valence-electron chi connectivity index (χ2n) is 5.19. The molecule has 0 radical (unpaired) electrons. The maximum atomic E-state index is 5.87. The molecule has 0 aliphatic carbocycles. The number of benzene rings is 1. The second-order valence-corrected chi connectivity index (χ2v) is 5.19. The first-order valence-electron chi connectivity index (χ1n) is 7.27. The molecule has 0 atom stereocenters. The van der Waals surface area contributed by atoms with E-state index in [1.54, 1.807) is 7.11 Å². The van der Waals surface area contributed by atoms with E-state index in [-0.39, 0.29) is 0 Å². The SMILES string of the molecule is CCCCCN(c1cc(OC)ccc1CN)C(C)C. The Bertz CT molecular complexity index is 377. The molecule has 1 rings (SSSR count). The summed E-state index contributed by atoms with van der Waals surface area (Å²) in [5, 5.41) is 0. The largest absolute Gasteiger partial charge is 0.497 e. The van der Waals surface area contributed by atoms with E-state index in [2.05, 4.69) is 37.8 Å². The van der Waals surface area contributed by atoms with Crippen LogP contribution in [0.4, 0.5) is 5.69 Å². The van der Waals surface area contributed by atoms with Crippen LogP contribution in [0.25, 0.3) is 0 Å². The lowest BCUT2D eigenvalue weighted by atomic mass is 10.1. The van der Waals surface area contributed by atoms with E-state index in [0.717, 1.165) is 12.3 Å². The summed E-state index contributed by atoms with van der Waals surface area (Å²) < 4.78 is 5.34. The van der Waals surface area contributed by atoms with Crippen LogP contribution in [0.2, 0.25) is 0 Å². The lowest BCUT2D eigenvalue weighted by molar-refractivity contribution is 0.414. The monoisotopic (exact) mass is 264 g/mol. The molecule has 3 nitrogen and oxygen atoms in total. The van der Waals surface area contributed by atoms with Crippen LogP contribution in [0.1, 0.15) is 45.6 Å². The Hall–Kier alpha value is -1.22. The van der Waals surface area contributed by atoms with Crippen molar-refractivity contribution in [3.63, 3.8) is 0 Å². The number of hydrogen-bond acceptors (Lipinski definition) is 3. The molecule has 108 valence electrons. The average molecular weight is 264 g/mol. The van der Waals surface area contributed by atoms with E-state index in [4.69, 9.17) is 10.5 Å². The highest BCUT2D eigenvalue weighted by atomic mass is 16.5.